The molecule has 0 unspecified atom stereocenters. The molecule has 0 aliphatic carbocycles. The van der Waals surface area contributed by atoms with Crippen molar-refractivity contribution in [2.24, 2.45) is 0 Å². The van der Waals surface area contributed by atoms with Crippen molar-refractivity contribution in [3.05, 3.63) is 29.3 Å². The molecule has 1 N–H and O–H groups in total. The van der Waals surface area contributed by atoms with Crippen LogP contribution >= 0.6 is 12.4 Å². The van der Waals surface area contributed by atoms with E-state index in [2.05, 4.69) is 47.2 Å². The fourth-order valence-electron chi connectivity index (χ4n) is 3.70. The highest BCUT2D eigenvalue weighted by molar-refractivity contribution is 5.85. The van der Waals surface area contributed by atoms with Crippen LogP contribution in [-0.4, -0.2) is 41.1 Å². The zero-order valence-corrected chi connectivity index (χ0v) is 16.3. The van der Waals surface area contributed by atoms with E-state index in [1.807, 2.05) is 0 Å². The highest BCUT2D eigenvalue weighted by Crippen LogP contribution is 2.25. The fraction of sp³-hybridized carbons (Fsp3) is 0.526. The lowest BCUT2D eigenvalue weighted by atomic mass is 10.1. The first kappa shape index (κ1) is 18.7. The molecule has 0 spiro atoms. The Balaban J connectivity index is 0.00000196. The van der Waals surface area contributed by atoms with Gasteiger partial charge in [0, 0.05) is 31.9 Å². The first-order valence-corrected chi connectivity index (χ1v) is 9.29. The summed E-state index contributed by atoms with van der Waals surface area (Å²) in [7, 11) is 0. The van der Waals surface area contributed by atoms with Gasteiger partial charge < -0.3 is 15.1 Å². The molecule has 0 radical (unpaired) electrons. The Bertz CT molecular complexity index is 699. The highest BCUT2D eigenvalue weighted by atomic mass is 35.5. The summed E-state index contributed by atoms with van der Waals surface area (Å²) in [5, 5.41) is 3.40. The molecule has 2 aromatic rings. The molecular weight excluding hydrogens is 348 g/mol. The van der Waals surface area contributed by atoms with Gasteiger partial charge in [0.2, 0.25) is 17.8 Å². The Morgan fingerprint density at radius 1 is 0.731 bits per heavy atom. The number of nitrogens with one attached hydrogen (secondary N) is 1. The van der Waals surface area contributed by atoms with Gasteiger partial charge in [-0.05, 0) is 62.8 Å². The number of aromatic nitrogens is 3. The summed E-state index contributed by atoms with van der Waals surface area (Å²) in [6.45, 7) is 8.35. The highest BCUT2D eigenvalue weighted by Gasteiger charge is 2.21. The Morgan fingerprint density at radius 2 is 1.19 bits per heavy atom. The van der Waals surface area contributed by atoms with Gasteiger partial charge in [-0.1, -0.05) is 6.07 Å². The van der Waals surface area contributed by atoms with Gasteiger partial charge in [-0.2, -0.15) is 15.0 Å². The second-order valence-corrected chi connectivity index (χ2v) is 7.15. The molecule has 2 aliphatic rings. The van der Waals surface area contributed by atoms with Crippen LogP contribution in [0.4, 0.5) is 23.5 Å². The van der Waals surface area contributed by atoms with Crippen molar-refractivity contribution in [1.29, 1.82) is 0 Å². The zero-order chi connectivity index (χ0) is 17.2. The van der Waals surface area contributed by atoms with Gasteiger partial charge in [0.15, 0.2) is 0 Å². The molecule has 26 heavy (non-hydrogen) atoms. The van der Waals surface area contributed by atoms with E-state index in [1.165, 1.54) is 36.8 Å². The number of hydrogen-bond acceptors (Lipinski definition) is 6. The number of aryl methyl sites for hydroxylation is 2. The van der Waals surface area contributed by atoms with Crippen molar-refractivity contribution in [3.8, 4) is 0 Å². The van der Waals surface area contributed by atoms with Crippen LogP contribution in [0.1, 0.15) is 36.8 Å². The maximum absolute atomic E-state index is 4.76. The number of hydrogen-bond donors (Lipinski definition) is 1. The van der Waals surface area contributed by atoms with Gasteiger partial charge in [0.05, 0.1) is 0 Å². The van der Waals surface area contributed by atoms with Crippen molar-refractivity contribution in [3.63, 3.8) is 0 Å². The van der Waals surface area contributed by atoms with Crippen LogP contribution in [-0.2, 0) is 0 Å². The van der Waals surface area contributed by atoms with Crippen LogP contribution in [0, 0.1) is 13.8 Å². The summed E-state index contributed by atoms with van der Waals surface area (Å²) in [4.78, 5) is 18.7. The van der Waals surface area contributed by atoms with E-state index in [1.54, 1.807) is 0 Å². The van der Waals surface area contributed by atoms with Crippen molar-refractivity contribution in [2.75, 3.05) is 41.3 Å². The minimum absolute atomic E-state index is 0. The van der Waals surface area contributed by atoms with Gasteiger partial charge >= 0.3 is 0 Å². The number of nitrogens with zero attached hydrogens (tertiary/aromatic N) is 5. The number of benzene rings is 1. The predicted molar refractivity (Wildman–Crippen MR) is 109 cm³/mol. The number of anilines is 4. The molecule has 0 saturated carbocycles. The molecule has 2 saturated heterocycles. The third kappa shape index (κ3) is 4.18. The lowest BCUT2D eigenvalue weighted by Gasteiger charge is -2.21. The standard InChI is InChI=1S/C19H26N6.ClH/c1-14-11-15(2)13-16(12-14)20-17-21-18(24-7-3-4-8-24)23-19(22-17)25-9-5-6-10-25;/h11-13H,3-10H2,1-2H3,(H,20,21,22,23);1H. The lowest BCUT2D eigenvalue weighted by Crippen LogP contribution is -2.25. The maximum Gasteiger partial charge on any atom is 0.233 e. The largest absolute Gasteiger partial charge is 0.341 e. The van der Waals surface area contributed by atoms with Crippen molar-refractivity contribution < 1.29 is 0 Å². The van der Waals surface area contributed by atoms with E-state index in [-0.39, 0.29) is 12.4 Å². The van der Waals surface area contributed by atoms with Crippen LogP contribution in [0.2, 0.25) is 0 Å². The molecule has 1 aromatic carbocycles. The van der Waals surface area contributed by atoms with E-state index in [0.29, 0.717) is 5.95 Å². The van der Waals surface area contributed by atoms with Crippen LogP contribution in [0.15, 0.2) is 18.2 Å². The van der Waals surface area contributed by atoms with Gasteiger partial charge in [0.25, 0.3) is 0 Å². The summed E-state index contributed by atoms with van der Waals surface area (Å²) in [6.07, 6.45) is 4.85. The van der Waals surface area contributed by atoms with E-state index >= 15 is 0 Å². The molecule has 140 valence electrons. The van der Waals surface area contributed by atoms with Crippen molar-refractivity contribution in [2.45, 2.75) is 39.5 Å². The van der Waals surface area contributed by atoms with Crippen molar-refractivity contribution in [1.82, 2.24) is 15.0 Å². The molecule has 4 rings (SSSR count). The second-order valence-electron chi connectivity index (χ2n) is 7.15. The summed E-state index contributed by atoms with van der Waals surface area (Å²) < 4.78 is 0. The Morgan fingerprint density at radius 3 is 1.65 bits per heavy atom. The summed E-state index contributed by atoms with van der Waals surface area (Å²) in [5.41, 5.74) is 3.50. The van der Waals surface area contributed by atoms with E-state index in [0.717, 1.165) is 43.8 Å². The minimum Gasteiger partial charge on any atom is -0.341 e. The van der Waals surface area contributed by atoms with Crippen LogP contribution in [0.3, 0.4) is 0 Å². The second kappa shape index (κ2) is 8.08. The molecule has 7 heteroatoms. The van der Waals surface area contributed by atoms with Crippen molar-refractivity contribution >= 4 is 35.9 Å². The third-order valence-corrected chi connectivity index (χ3v) is 4.87. The molecule has 0 amide bonds. The molecule has 0 bridgehead atoms. The normalized spacial score (nSPS) is 16.7. The molecule has 1 aromatic heterocycles. The molecule has 3 heterocycles. The molecule has 2 fully saturated rings. The van der Waals surface area contributed by atoms with Gasteiger partial charge in [-0.15, -0.1) is 12.4 Å². The SMILES string of the molecule is Cc1cc(C)cc(Nc2nc(N3CCCC3)nc(N3CCCC3)n2)c1.Cl. The Labute approximate surface area is 161 Å². The maximum atomic E-state index is 4.76. The van der Waals surface area contributed by atoms with E-state index < -0.39 is 0 Å². The van der Waals surface area contributed by atoms with Gasteiger partial charge in [-0.25, -0.2) is 0 Å². The summed E-state index contributed by atoms with van der Waals surface area (Å²) in [6, 6.07) is 6.42. The topological polar surface area (TPSA) is 57.2 Å². The lowest BCUT2D eigenvalue weighted by molar-refractivity contribution is 0.841. The monoisotopic (exact) mass is 374 g/mol. The Kier molecular flexibility index (Phi) is 5.81. The van der Waals surface area contributed by atoms with Crippen LogP contribution in [0.5, 0.6) is 0 Å². The zero-order valence-electron chi connectivity index (χ0n) is 15.5. The minimum atomic E-state index is 0. The number of halogens is 1. The van der Waals surface area contributed by atoms with Gasteiger partial charge in [-0.3, -0.25) is 0 Å². The van der Waals surface area contributed by atoms with E-state index in [9.17, 15) is 0 Å². The summed E-state index contributed by atoms with van der Waals surface area (Å²) in [5.74, 6) is 2.26. The molecular formula is C19H27ClN6. The smallest absolute Gasteiger partial charge is 0.233 e. The molecule has 6 nitrogen and oxygen atoms in total. The Hall–Kier alpha value is -2.08. The first-order chi connectivity index (χ1) is 12.2. The molecule has 2 aliphatic heterocycles. The summed E-state index contributed by atoms with van der Waals surface area (Å²) >= 11 is 0. The third-order valence-electron chi connectivity index (χ3n) is 4.87. The number of rotatable bonds is 4. The van der Waals surface area contributed by atoms with Crippen LogP contribution in [0.25, 0.3) is 0 Å². The predicted octanol–water partition coefficient (Wildman–Crippen LogP) is 3.85. The molecule has 0 atom stereocenters. The average molecular weight is 375 g/mol. The fourth-order valence-corrected chi connectivity index (χ4v) is 3.70. The van der Waals surface area contributed by atoms with Crippen LogP contribution < -0.4 is 15.1 Å². The van der Waals surface area contributed by atoms with Gasteiger partial charge in [0.1, 0.15) is 0 Å². The van der Waals surface area contributed by atoms with E-state index in [4.69, 9.17) is 15.0 Å². The first-order valence-electron chi connectivity index (χ1n) is 9.29. The quantitative estimate of drug-likeness (QED) is 0.877. The average Bonchev–Trinajstić information content (AvgIpc) is 3.28.